The van der Waals surface area contributed by atoms with Gasteiger partial charge in [0.25, 0.3) is 11.8 Å². The maximum atomic E-state index is 14.0. The molecule has 5 rings (SSSR count). The molecule has 2 N–H and O–H groups in total. The molecule has 222 valence electrons. The van der Waals surface area contributed by atoms with Crippen LogP contribution in [0.1, 0.15) is 62.4 Å². The number of rotatable bonds is 6. The van der Waals surface area contributed by atoms with E-state index in [0.717, 1.165) is 29.9 Å². The number of aromatic nitrogens is 4. The highest BCUT2D eigenvalue weighted by molar-refractivity contribution is 6.23. The SMILES string of the molecule is CC(C)(C)[C@H]1CC[C@]2(CC1)C(=O)N(c1ccc(OC(F)(F)F)cc1)C(=O)N2Cc1ccc(C(=O)Nc2nnn[nH]2)cc1. The number of hydrogen-bond donors (Lipinski definition) is 2. The van der Waals surface area contributed by atoms with Crippen LogP contribution in [0, 0.1) is 11.3 Å². The Balaban J connectivity index is 1.41. The number of carbonyl (C=O) groups excluding carboxylic acids is 3. The van der Waals surface area contributed by atoms with Gasteiger partial charge in [-0.1, -0.05) is 38.0 Å². The highest BCUT2D eigenvalue weighted by atomic mass is 19.4. The van der Waals surface area contributed by atoms with Crippen LogP contribution in [0.4, 0.5) is 29.6 Å². The molecule has 0 atom stereocenters. The van der Waals surface area contributed by atoms with Gasteiger partial charge in [0.1, 0.15) is 11.3 Å². The van der Waals surface area contributed by atoms with Gasteiger partial charge in [0.15, 0.2) is 0 Å². The van der Waals surface area contributed by atoms with Crippen molar-refractivity contribution in [3.63, 3.8) is 0 Å². The van der Waals surface area contributed by atoms with Gasteiger partial charge in [-0.15, -0.1) is 13.2 Å². The highest BCUT2D eigenvalue weighted by Crippen LogP contribution is 2.48. The van der Waals surface area contributed by atoms with E-state index < -0.39 is 35.5 Å². The van der Waals surface area contributed by atoms with Crippen LogP contribution in [0.3, 0.4) is 0 Å². The van der Waals surface area contributed by atoms with Crippen molar-refractivity contribution in [2.24, 2.45) is 11.3 Å². The van der Waals surface area contributed by atoms with Crippen LogP contribution in [0.15, 0.2) is 48.5 Å². The minimum atomic E-state index is -4.86. The summed E-state index contributed by atoms with van der Waals surface area (Å²) in [7, 11) is 0. The van der Waals surface area contributed by atoms with Gasteiger partial charge < -0.3 is 9.64 Å². The summed E-state index contributed by atoms with van der Waals surface area (Å²) in [6.07, 6.45) is -2.48. The molecule has 1 aromatic heterocycles. The van der Waals surface area contributed by atoms with E-state index in [-0.39, 0.29) is 23.6 Å². The topological polar surface area (TPSA) is 133 Å². The minimum Gasteiger partial charge on any atom is -0.406 e. The quantitative estimate of drug-likeness (QED) is 0.375. The van der Waals surface area contributed by atoms with Crippen molar-refractivity contribution in [2.45, 2.75) is 64.9 Å². The lowest BCUT2D eigenvalue weighted by molar-refractivity contribution is -0.274. The molecule has 2 fully saturated rings. The number of hydrogen-bond acceptors (Lipinski definition) is 7. The zero-order chi connectivity index (χ0) is 30.3. The first-order valence-electron chi connectivity index (χ1n) is 13.4. The van der Waals surface area contributed by atoms with Crippen molar-refractivity contribution < 1.29 is 32.3 Å². The minimum absolute atomic E-state index is 0.0320. The van der Waals surface area contributed by atoms with E-state index >= 15 is 0 Å². The molecule has 2 heterocycles. The van der Waals surface area contributed by atoms with Gasteiger partial charge in [-0.25, -0.2) is 14.8 Å². The molecule has 1 aliphatic carbocycles. The number of H-pyrrole nitrogens is 1. The first-order valence-corrected chi connectivity index (χ1v) is 13.4. The number of amides is 4. The van der Waals surface area contributed by atoms with Gasteiger partial charge in [-0.2, -0.15) is 0 Å². The first-order chi connectivity index (χ1) is 19.8. The number of halogens is 3. The van der Waals surface area contributed by atoms with Gasteiger partial charge >= 0.3 is 12.4 Å². The number of nitrogens with zero attached hydrogens (tertiary/aromatic N) is 5. The van der Waals surface area contributed by atoms with Crippen LogP contribution in [0.2, 0.25) is 0 Å². The number of imide groups is 1. The average molecular weight is 586 g/mol. The lowest BCUT2D eigenvalue weighted by Crippen LogP contribution is -2.52. The van der Waals surface area contributed by atoms with E-state index in [4.69, 9.17) is 0 Å². The van der Waals surface area contributed by atoms with Crippen LogP contribution < -0.4 is 15.0 Å². The fourth-order valence-electron chi connectivity index (χ4n) is 5.74. The molecule has 42 heavy (non-hydrogen) atoms. The molecule has 1 aliphatic heterocycles. The van der Waals surface area contributed by atoms with E-state index in [1.54, 1.807) is 29.2 Å². The molecule has 0 radical (unpaired) electrons. The van der Waals surface area contributed by atoms with Crippen LogP contribution >= 0.6 is 0 Å². The molecule has 2 aromatic carbocycles. The number of benzene rings is 2. The van der Waals surface area contributed by atoms with Gasteiger partial charge in [-0.3, -0.25) is 14.9 Å². The average Bonchev–Trinajstić information content (AvgIpc) is 3.50. The van der Waals surface area contributed by atoms with Crippen molar-refractivity contribution in [2.75, 3.05) is 10.2 Å². The second-order valence-corrected chi connectivity index (χ2v) is 11.6. The number of nitrogens with one attached hydrogen (secondary N) is 2. The lowest BCUT2D eigenvalue weighted by Gasteiger charge is -2.44. The molecule has 1 saturated heterocycles. The summed E-state index contributed by atoms with van der Waals surface area (Å²) in [5.41, 5.74) is 0.122. The Morgan fingerprint density at radius 3 is 2.24 bits per heavy atom. The highest BCUT2D eigenvalue weighted by Gasteiger charge is 2.59. The third-order valence-electron chi connectivity index (χ3n) is 8.04. The third-order valence-corrected chi connectivity index (χ3v) is 8.04. The van der Waals surface area contributed by atoms with E-state index in [1.165, 1.54) is 12.1 Å². The molecule has 3 aromatic rings. The Kier molecular flexibility index (Phi) is 7.41. The van der Waals surface area contributed by atoms with Gasteiger partial charge in [-0.05, 0) is 89.4 Å². The molecular formula is C28H30F3N7O4. The summed E-state index contributed by atoms with van der Waals surface area (Å²) < 4.78 is 41.9. The Morgan fingerprint density at radius 2 is 1.69 bits per heavy atom. The van der Waals surface area contributed by atoms with Crippen molar-refractivity contribution in [1.82, 2.24) is 25.5 Å². The Hall–Kier alpha value is -4.49. The summed E-state index contributed by atoms with van der Waals surface area (Å²) in [6.45, 7) is 6.57. The second kappa shape index (κ2) is 10.7. The van der Waals surface area contributed by atoms with E-state index in [0.29, 0.717) is 29.9 Å². The number of ether oxygens (including phenoxy) is 1. The fraction of sp³-hybridized carbons (Fsp3) is 0.429. The monoisotopic (exact) mass is 585 g/mol. The van der Waals surface area contributed by atoms with E-state index in [9.17, 15) is 27.6 Å². The summed E-state index contributed by atoms with van der Waals surface area (Å²) in [6, 6.07) is 10.7. The Morgan fingerprint density at radius 1 is 1.05 bits per heavy atom. The summed E-state index contributed by atoms with van der Waals surface area (Å²) in [5, 5.41) is 15.4. The summed E-state index contributed by atoms with van der Waals surface area (Å²) >= 11 is 0. The first kappa shape index (κ1) is 29.0. The van der Waals surface area contributed by atoms with E-state index in [1.807, 2.05) is 0 Å². The van der Waals surface area contributed by atoms with E-state index in [2.05, 4.69) is 51.4 Å². The largest absolute Gasteiger partial charge is 0.573 e. The number of urea groups is 1. The fourth-order valence-corrected chi connectivity index (χ4v) is 5.74. The van der Waals surface area contributed by atoms with Gasteiger partial charge in [0, 0.05) is 12.1 Å². The molecule has 0 unspecified atom stereocenters. The predicted octanol–water partition coefficient (Wildman–Crippen LogP) is 5.29. The van der Waals surface area contributed by atoms with Gasteiger partial charge in [0.2, 0.25) is 5.95 Å². The normalized spacial score (nSPS) is 21.2. The standard InChI is InChI=1S/C28H30F3N7O4/c1-26(2,3)19-12-14-27(15-13-19)23(40)38(20-8-10-21(11-9-20)42-28(29,30)31)25(41)37(27)16-17-4-6-18(7-5-17)22(39)32-24-33-35-36-34-24/h4-11,19H,12-16H2,1-3H3,(H2,32,33,34,35,36,39)/t19-,27-. The van der Waals surface area contributed by atoms with Crippen molar-refractivity contribution in [1.29, 1.82) is 0 Å². The van der Waals surface area contributed by atoms with Crippen LogP contribution in [0.5, 0.6) is 5.75 Å². The summed E-state index contributed by atoms with van der Waals surface area (Å²) in [5.74, 6) is -0.838. The Bertz CT molecular complexity index is 1440. The third kappa shape index (κ3) is 5.78. The number of carbonyl (C=O) groups is 3. The molecular weight excluding hydrogens is 555 g/mol. The number of aromatic amines is 1. The molecule has 4 amide bonds. The molecule has 14 heteroatoms. The maximum Gasteiger partial charge on any atom is 0.573 e. The van der Waals surface area contributed by atoms with Crippen LogP contribution in [-0.4, -0.2) is 55.3 Å². The zero-order valence-corrected chi connectivity index (χ0v) is 23.2. The van der Waals surface area contributed by atoms with Crippen molar-refractivity contribution in [3.05, 3.63) is 59.7 Å². The van der Waals surface area contributed by atoms with Crippen LogP contribution in [0.25, 0.3) is 0 Å². The Labute approximate surface area is 239 Å². The number of tetrazole rings is 1. The van der Waals surface area contributed by atoms with Crippen LogP contribution in [-0.2, 0) is 11.3 Å². The smallest absolute Gasteiger partial charge is 0.406 e. The number of anilines is 2. The zero-order valence-electron chi connectivity index (χ0n) is 23.2. The second-order valence-electron chi connectivity index (χ2n) is 11.6. The summed E-state index contributed by atoms with van der Waals surface area (Å²) in [4.78, 5) is 43.0. The lowest BCUT2D eigenvalue weighted by atomic mass is 9.67. The molecule has 1 spiro atoms. The molecule has 2 aliphatic rings. The molecule has 0 bridgehead atoms. The predicted molar refractivity (Wildman–Crippen MR) is 144 cm³/mol. The number of alkyl halides is 3. The molecule has 11 nitrogen and oxygen atoms in total. The molecule has 1 saturated carbocycles. The van der Waals surface area contributed by atoms with Crippen molar-refractivity contribution in [3.8, 4) is 5.75 Å². The van der Waals surface area contributed by atoms with Gasteiger partial charge in [0.05, 0.1) is 5.69 Å². The van der Waals surface area contributed by atoms with Crippen molar-refractivity contribution >= 4 is 29.5 Å². The maximum absolute atomic E-state index is 14.0.